The molecule has 0 atom stereocenters. The minimum absolute atomic E-state index is 0.0196. The number of nitrogens with zero attached hydrogens (tertiary/aromatic N) is 5. The number of pyridine rings is 1. The zero-order valence-corrected chi connectivity index (χ0v) is 19.8. The minimum Gasteiger partial charge on any atom is -0.336 e. The van der Waals surface area contributed by atoms with Crippen LogP contribution >= 0.6 is 11.3 Å². The first kappa shape index (κ1) is 22.2. The number of aromatic nitrogens is 2. The first-order chi connectivity index (χ1) is 16.4. The van der Waals surface area contributed by atoms with Gasteiger partial charge in [-0.2, -0.15) is 9.57 Å². The molecule has 3 aromatic heterocycles. The summed E-state index contributed by atoms with van der Waals surface area (Å²) in [4.78, 5) is 20.6. The van der Waals surface area contributed by atoms with Gasteiger partial charge in [-0.05, 0) is 36.6 Å². The van der Waals surface area contributed by atoms with Crippen LogP contribution in [0.5, 0.6) is 0 Å². The van der Waals surface area contributed by atoms with Gasteiger partial charge in [-0.15, -0.1) is 11.3 Å². The molecule has 0 bridgehead atoms. The highest BCUT2D eigenvalue weighted by Crippen LogP contribution is 2.30. The predicted molar refractivity (Wildman–Crippen MR) is 126 cm³/mol. The number of benzene rings is 1. The second-order valence-electron chi connectivity index (χ2n) is 7.78. The van der Waals surface area contributed by atoms with E-state index in [1.165, 1.54) is 27.8 Å². The summed E-state index contributed by atoms with van der Waals surface area (Å²) in [5.74, 6) is -0.231. The number of hydrogen-bond donors (Lipinski definition) is 0. The van der Waals surface area contributed by atoms with E-state index in [0.717, 1.165) is 4.88 Å². The number of thiophene rings is 1. The van der Waals surface area contributed by atoms with Crippen molar-refractivity contribution in [2.24, 2.45) is 0 Å². The summed E-state index contributed by atoms with van der Waals surface area (Å²) in [5, 5.41) is 15.8. The molecule has 34 heavy (non-hydrogen) atoms. The van der Waals surface area contributed by atoms with Crippen LogP contribution in [0.3, 0.4) is 0 Å². The topological polar surface area (TPSA) is 120 Å². The number of hydrogen-bond acceptors (Lipinski definition) is 8. The zero-order valence-electron chi connectivity index (χ0n) is 18.1. The third-order valence-corrected chi connectivity index (χ3v) is 8.62. The highest BCUT2D eigenvalue weighted by molar-refractivity contribution is 7.89. The van der Waals surface area contributed by atoms with Crippen molar-refractivity contribution in [2.75, 3.05) is 26.2 Å². The maximum absolute atomic E-state index is 13.5. The summed E-state index contributed by atoms with van der Waals surface area (Å²) in [5.41, 5.74) is 2.01. The van der Waals surface area contributed by atoms with Crippen LogP contribution in [0.2, 0.25) is 0 Å². The predicted octanol–water partition coefficient (Wildman–Crippen LogP) is 3.28. The van der Waals surface area contributed by atoms with Gasteiger partial charge in [0.1, 0.15) is 6.07 Å². The van der Waals surface area contributed by atoms with Gasteiger partial charge in [0.25, 0.3) is 11.6 Å². The van der Waals surface area contributed by atoms with Crippen LogP contribution in [0.15, 0.2) is 57.3 Å². The van der Waals surface area contributed by atoms with E-state index in [1.54, 1.807) is 30.0 Å². The number of aryl methyl sites for hydroxylation is 1. The molecule has 0 aliphatic carbocycles. The molecule has 1 amide bonds. The lowest BCUT2D eigenvalue weighted by Crippen LogP contribution is -2.50. The van der Waals surface area contributed by atoms with Crippen molar-refractivity contribution >= 4 is 38.4 Å². The van der Waals surface area contributed by atoms with Crippen molar-refractivity contribution in [2.45, 2.75) is 11.8 Å². The molecule has 9 nitrogen and oxygen atoms in total. The van der Waals surface area contributed by atoms with E-state index < -0.39 is 10.0 Å². The summed E-state index contributed by atoms with van der Waals surface area (Å²) in [6.07, 6.45) is 0. The van der Waals surface area contributed by atoms with E-state index in [2.05, 4.69) is 10.1 Å². The maximum atomic E-state index is 13.5. The number of carbonyl (C=O) groups excluding carboxylic acids is 1. The van der Waals surface area contributed by atoms with E-state index >= 15 is 0 Å². The molecule has 5 rings (SSSR count). The first-order valence-corrected chi connectivity index (χ1v) is 12.8. The average molecular weight is 494 g/mol. The average Bonchev–Trinajstić information content (AvgIpc) is 3.53. The van der Waals surface area contributed by atoms with Crippen LogP contribution in [0, 0.1) is 18.3 Å². The minimum atomic E-state index is -3.85. The van der Waals surface area contributed by atoms with Crippen LogP contribution in [0.4, 0.5) is 0 Å². The number of fused-ring (bicyclic) bond motifs is 1. The van der Waals surface area contributed by atoms with Crippen LogP contribution in [-0.2, 0) is 10.0 Å². The Bertz CT molecular complexity index is 1530. The summed E-state index contributed by atoms with van der Waals surface area (Å²) in [7, 11) is -3.85. The van der Waals surface area contributed by atoms with Gasteiger partial charge in [-0.3, -0.25) is 4.79 Å². The maximum Gasteiger partial charge on any atom is 0.259 e. The van der Waals surface area contributed by atoms with Gasteiger partial charge in [-0.1, -0.05) is 23.4 Å². The van der Waals surface area contributed by atoms with Crippen molar-refractivity contribution in [1.29, 1.82) is 5.26 Å². The molecule has 1 fully saturated rings. The van der Waals surface area contributed by atoms with Crippen LogP contribution < -0.4 is 0 Å². The normalized spacial score (nSPS) is 14.9. The van der Waals surface area contributed by atoms with Crippen LogP contribution in [-0.4, -0.2) is 59.8 Å². The van der Waals surface area contributed by atoms with Crippen molar-refractivity contribution in [3.63, 3.8) is 0 Å². The molecule has 0 N–H and O–H groups in total. The monoisotopic (exact) mass is 493 g/mol. The molecule has 4 aromatic rings. The Morgan fingerprint density at radius 1 is 1.15 bits per heavy atom. The molecule has 11 heteroatoms. The molecule has 0 spiro atoms. The highest BCUT2D eigenvalue weighted by Gasteiger charge is 2.33. The fraction of sp³-hybridized carbons (Fsp3) is 0.217. The number of nitriles is 1. The summed E-state index contributed by atoms with van der Waals surface area (Å²) < 4.78 is 32.9. The molecular formula is C23H19N5O4S2. The Balaban J connectivity index is 1.42. The van der Waals surface area contributed by atoms with Crippen LogP contribution in [0.25, 0.3) is 21.7 Å². The van der Waals surface area contributed by atoms with Crippen molar-refractivity contribution in [1.82, 2.24) is 19.3 Å². The summed E-state index contributed by atoms with van der Waals surface area (Å²) in [6.45, 7) is 2.45. The van der Waals surface area contributed by atoms with Gasteiger partial charge in [0, 0.05) is 26.2 Å². The lowest BCUT2D eigenvalue weighted by atomic mass is 10.1. The largest absolute Gasteiger partial charge is 0.336 e. The van der Waals surface area contributed by atoms with Gasteiger partial charge in [0.15, 0.2) is 0 Å². The molecule has 1 aliphatic heterocycles. The third-order valence-electron chi connectivity index (χ3n) is 5.77. The lowest BCUT2D eigenvalue weighted by molar-refractivity contribution is 0.0699. The number of amides is 1. The fourth-order valence-electron chi connectivity index (χ4n) is 4.04. The van der Waals surface area contributed by atoms with Crippen LogP contribution in [0.1, 0.15) is 21.6 Å². The Labute approximate surface area is 199 Å². The smallest absolute Gasteiger partial charge is 0.259 e. The molecule has 0 saturated carbocycles. The van der Waals surface area contributed by atoms with E-state index in [9.17, 15) is 18.5 Å². The van der Waals surface area contributed by atoms with E-state index in [1.807, 2.05) is 23.6 Å². The second-order valence-corrected chi connectivity index (χ2v) is 10.6. The highest BCUT2D eigenvalue weighted by atomic mass is 32.2. The summed E-state index contributed by atoms with van der Waals surface area (Å²) in [6, 6.07) is 13.6. The molecule has 172 valence electrons. The molecule has 1 aromatic carbocycles. The van der Waals surface area contributed by atoms with Gasteiger partial charge < -0.3 is 9.42 Å². The molecule has 0 radical (unpaired) electrons. The number of rotatable bonds is 4. The van der Waals surface area contributed by atoms with Crippen molar-refractivity contribution in [3.05, 3.63) is 64.7 Å². The van der Waals surface area contributed by atoms with Gasteiger partial charge >= 0.3 is 0 Å². The van der Waals surface area contributed by atoms with Gasteiger partial charge in [0.05, 0.1) is 37.7 Å². The number of sulfonamides is 1. The van der Waals surface area contributed by atoms with Crippen molar-refractivity contribution < 1.29 is 17.7 Å². The molecule has 1 aliphatic rings. The SMILES string of the molecule is Cc1noc2nc(-c3cccs3)cc(C(=O)N3CCN(S(=O)(=O)c4ccccc4C#N)CC3)c12. The fourth-order valence-corrected chi connectivity index (χ4v) is 6.29. The van der Waals surface area contributed by atoms with E-state index in [-0.39, 0.29) is 42.5 Å². The molecular weight excluding hydrogens is 474 g/mol. The zero-order chi connectivity index (χ0) is 23.9. The summed E-state index contributed by atoms with van der Waals surface area (Å²) >= 11 is 1.51. The molecule has 4 heterocycles. The van der Waals surface area contributed by atoms with Gasteiger partial charge in [-0.25, -0.2) is 13.4 Å². The first-order valence-electron chi connectivity index (χ1n) is 10.5. The lowest BCUT2D eigenvalue weighted by Gasteiger charge is -2.34. The quantitative estimate of drug-likeness (QED) is 0.428. The van der Waals surface area contributed by atoms with E-state index in [0.29, 0.717) is 28.1 Å². The van der Waals surface area contributed by atoms with Crippen molar-refractivity contribution in [3.8, 4) is 16.6 Å². The Hall–Kier alpha value is -3.59. The molecule has 0 unspecified atom stereocenters. The Kier molecular flexibility index (Phi) is 5.65. The third kappa shape index (κ3) is 3.75. The Morgan fingerprint density at radius 3 is 2.62 bits per heavy atom. The number of carbonyl (C=O) groups is 1. The number of piperazine rings is 1. The second kappa shape index (κ2) is 8.64. The Morgan fingerprint density at radius 2 is 1.91 bits per heavy atom. The van der Waals surface area contributed by atoms with Gasteiger partial charge in [0.2, 0.25) is 10.0 Å². The standard InChI is InChI=1S/C23H19N5O4S2/c1-15-21-17(13-18(19-6-4-12-33-19)25-22(21)32-26-15)23(29)27-8-10-28(11-9-27)34(30,31)20-7-3-2-5-16(20)14-24/h2-7,12-13H,8-11H2,1H3. The molecule has 1 saturated heterocycles. The van der Waals surface area contributed by atoms with E-state index in [4.69, 9.17) is 4.52 Å².